The summed E-state index contributed by atoms with van der Waals surface area (Å²) in [4.78, 5) is 21.7. The van der Waals surface area contributed by atoms with Gasteiger partial charge in [-0.2, -0.15) is 0 Å². The van der Waals surface area contributed by atoms with Crippen LogP contribution in [0.4, 0.5) is 0 Å². The molecule has 0 N–H and O–H groups in total. The molecular formula is C14H14O2. The minimum absolute atomic E-state index is 0.00495. The van der Waals surface area contributed by atoms with Gasteiger partial charge in [0.15, 0.2) is 11.6 Å². The van der Waals surface area contributed by atoms with Gasteiger partial charge in [0.05, 0.1) is 0 Å². The highest BCUT2D eigenvalue weighted by molar-refractivity contribution is 5.94. The first-order valence-electron chi connectivity index (χ1n) is 5.06. The summed E-state index contributed by atoms with van der Waals surface area (Å²) in [7, 11) is 0. The summed E-state index contributed by atoms with van der Waals surface area (Å²) in [6.45, 7) is 3.01. The fourth-order valence-electron chi connectivity index (χ4n) is 1.23. The maximum absolute atomic E-state index is 10.8. The molecule has 0 radical (unpaired) electrons. The third-order valence-corrected chi connectivity index (χ3v) is 1.99. The minimum atomic E-state index is 0.00495. The van der Waals surface area contributed by atoms with Crippen molar-refractivity contribution in [3.8, 4) is 0 Å². The second kappa shape index (κ2) is 5.81. The second-order valence-electron chi connectivity index (χ2n) is 3.52. The first-order chi connectivity index (χ1) is 7.59. The predicted octanol–water partition coefficient (Wildman–Crippen LogP) is 2.89. The molecule has 2 nitrogen and oxygen atoms in total. The smallest absolute Gasteiger partial charge is 0.152 e. The Kier molecular flexibility index (Phi) is 4.40. The largest absolute Gasteiger partial charge is 0.295 e. The van der Waals surface area contributed by atoms with Crippen LogP contribution in [0.3, 0.4) is 0 Å². The third-order valence-electron chi connectivity index (χ3n) is 1.99. The number of rotatable bonds is 4. The molecule has 1 rings (SSSR count). The minimum Gasteiger partial charge on any atom is -0.295 e. The summed E-state index contributed by atoms with van der Waals surface area (Å²) in [5, 5.41) is 0. The van der Waals surface area contributed by atoms with E-state index in [0.29, 0.717) is 0 Å². The topological polar surface area (TPSA) is 34.1 Å². The molecule has 0 fully saturated rings. The molecule has 0 aliphatic heterocycles. The van der Waals surface area contributed by atoms with E-state index in [1.807, 2.05) is 24.3 Å². The number of carbonyl (C=O) groups excluding carboxylic acids is 2. The molecule has 82 valence electrons. The number of hydrogen-bond acceptors (Lipinski definition) is 2. The molecule has 0 heterocycles. The second-order valence-corrected chi connectivity index (χ2v) is 3.52. The van der Waals surface area contributed by atoms with Crippen LogP contribution in [0.25, 0.3) is 12.2 Å². The molecular weight excluding hydrogens is 200 g/mol. The summed E-state index contributed by atoms with van der Waals surface area (Å²) >= 11 is 0. The fourth-order valence-corrected chi connectivity index (χ4v) is 1.23. The van der Waals surface area contributed by atoms with E-state index in [1.54, 1.807) is 12.2 Å². The van der Waals surface area contributed by atoms with Crippen LogP contribution in [0.5, 0.6) is 0 Å². The highest BCUT2D eigenvalue weighted by Crippen LogP contribution is 2.12. The zero-order chi connectivity index (χ0) is 12.0. The van der Waals surface area contributed by atoms with Crippen LogP contribution in [0.2, 0.25) is 0 Å². The maximum Gasteiger partial charge on any atom is 0.152 e. The molecule has 0 atom stereocenters. The van der Waals surface area contributed by atoms with Crippen LogP contribution in [-0.4, -0.2) is 11.6 Å². The predicted molar refractivity (Wildman–Crippen MR) is 65.9 cm³/mol. The first kappa shape index (κ1) is 12.1. The van der Waals surface area contributed by atoms with Crippen molar-refractivity contribution in [1.82, 2.24) is 0 Å². The monoisotopic (exact) mass is 214 g/mol. The molecule has 0 aliphatic rings. The quantitative estimate of drug-likeness (QED) is 0.722. The molecule has 0 spiro atoms. The first-order valence-corrected chi connectivity index (χ1v) is 5.06. The number of benzene rings is 1. The molecule has 0 saturated carbocycles. The molecule has 0 saturated heterocycles. The van der Waals surface area contributed by atoms with E-state index in [4.69, 9.17) is 0 Å². The molecule has 1 aromatic rings. The highest BCUT2D eigenvalue weighted by atomic mass is 16.1. The molecule has 2 heteroatoms. The Bertz CT molecular complexity index is 411. The van der Waals surface area contributed by atoms with Crippen molar-refractivity contribution in [2.24, 2.45) is 0 Å². The zero-order valence-corrected chi connectivity index (χ0v) is 9.44. The molecule has 1 aromatic carbocycles. The normalized spacial score (nSPS) is 11.1. The van der Waals surface area contributed by atoms with Gasteiger partial charge in [-0.15, -0.1) is 0 Å². The van der Waals surface area contributed by atoms with Crippen molar-refractivity contribution in [2.75, 3.05) is 0 Å². The molecule has 0 amide bonds. The highest BCUT2D eigenvalue weighted by Gasteiger charge is 1.95. The lowest BCUT2D eigenvalue weighted by molar-refractivity contribution is -0.113. The van der Waals surface area contributed by atoms with Crippen molar-refractivity contribution >= 4 is 23.7 Å². The Hall–Kier alpha value is -1.96. The van der Waals surface area contributed by atoms with Gasteiger partial charge >= 0.3 is 0 Å². The van der Waals surface area contributed by atoms with E-state index in [2.05, 4.69) is 0 Å². The van der Waals surface area contributed by atoms with Crippen LogP contribution in [0.15, 0.2) is 36.4 Å². The Morgan fingerprint density at radius 2 is 1.25 bits per heavy atom. The molecule has 16 heavy (non-hydrogen) atoms. The summed E-state index contributed by atoms with van der Waals surface area (Å²) in [6, 6.07) is 7.59. The van der Waals surface area contributed by atoms with Crippen LogP contribution in [0, 0.1) is 0 Å². The van der Waals surface area contributed by atoms with Crippen molar-refractivity contribution in [3.05, 3.63) is 47.5 Å². The molecule has 0 aliphatic carbocycles. The van der Waals surface area contributed by atoms with Gasteiger partial charge in [-0.25, -0.2) is 0 Å². The Morgan fingerprint density at radius 3 is 1.56 bits per heavy atom. The van der Waals surface area contributed by atoms with Crippen LogP contribution < -0.4 is 0 Å². The van der Waals surface area contributed by atoms with Crippen LogP contribution in [0.1, 0.15) is 25.0 Å². The van der Waals surface area contributed by atoms with E-state index in [-0.39, 0.29) is 11.6 Å². The van der Waals surface area contributed by atoms with Gasteiger partial charge in [-0.3, -0.25) is 9.59 Å². The average Bonchev–Trinajstić information content (AvgIpc) is 2.24. The summed E-state index contributed by atoms with van der Waals surface area (Å²) in [6.07, 6.45) is 6.53. The van der Waals surface area contributed by atoms with E-state index in [1.165, 1.54) is 26.0 Å². The molecule has 0 aromatic heterocycles. The molecule has 0 bridgehead atoms. The van der Waals surface area contributed by atoms with E-state index in [0.717, 1.165) is 11.1 Å². The lowest BCUT2D eigenvalue weighted by Gasteiger charge is -1.99. The van der Waals surface area contributed by atoms with Gasteiger partial charge in [-0.05, 0) is 37.1 Å². The standard InChI is InChI=1S/C14H14O2/c1-11(15)7-9-13-5-3-4-6-14(13)10-8-12(2)16/h3-10H,1-2H3/b9-7+,10-8+. The van der Waals surface area contributed by atoms with E-state index >= 15 is 0 Å². The van der Waals surface area contributed by atoms with Crippen LogP contribution >= 0.6 is 0 Å². The van der Waals surface area contributed by atoms with E-state index in [9.17, 15) is 9.59 Å². The lowest BCUT2D eigenvalue weighted by atomic mass is 10.1. The summed E-state index contributed by atoms with van der Waals surface area (Å²) in [5.41, 5.74) is 1.85. The SMILES string of the molecule is CC(=O)/C=C/c1ccccc1/C=C/C(C)=O. The van der Waals surface area contributed by atoms with Gasteiger partial charge in [0.1, 0.15) is 0 Å². The van der Waals surface area contributed by atoms with Crippen molar-refractivity contribution in [2.45, 2.75) is 13.8 Å². The van der Waals surface area contributed by atoms with Gasteiger partial charge in [0.25, 0.3) is 0 Å². The fraction of sp³-hybridized carbons (Fsp3) is 0.143. The number of allylic oxidation sites excluding steroid dienone is 2. The van der Waals surface area contributed by atoms with E-state index < -0.39 is 0 Å². The Labute approximate surface area is 95.3 Å². The van der Waals surface area contributed by atoms with Crippen LogP contribution in [-0.2, 0) is 9.59 Å². The van der Waals surface area contributed by atoms with Gasteiger partial charge < -0.3 is 0 Å². The number of ketones is 2. The van der Waals surface area contributed by atoms with Gasteiger partial charge in [0, 0.05) is 0 Å². The molecule has 0 unspecified atom stereocenters. The Balaban J connectivity index is 3.00. The van der Waals surface area contributed by atoms with Gasteiger partial charge in [0.2, 0.25) is 0 Å². The van der Waals surface area contributed by atoms with Gasteiger partial charge in [-0.1, -0.05) is 36.4 Å². The van der Waals surface area contributed by atoms with Crippen molar-refractivity contribution < 1.29 is 9.59 Å². The lowest BCUT2D eigenvalue weighted by Crippen LogP contribution is -1.85. The summed E-state index contributed by atoms with van der Waals surface area (Å²) in [5.74, 6) is 0.00991. The number of carbonyl (C=O) groups is 2. The summed E-state index contributed by atoms with van der Waals surface area (Å²) < 4.78 is 0. The number of hydrogen-bond donors (Lipinski definition) is 0. The van der Waals surface area contributed by atoms with Crippen molar-refractivity contribution in [1.29, 1.82) is 0 Å². The third kappa shape index (κ3) is 4.05. The average molecular weight is 214 g/mol. The van der Waals surface area contributed by atoms with Crippen molar-refractivity contribution in [3.63, 3.8) is 0 Å². The Morgan fingerprint density at radius 1 is 0.875 bits per heavy atom. The zero-order valence-electron chi connectivity index (χ0n) is 9.44. The maximum atomic E-state index is 10.8.